The maximum atomic E-state index is 13.5. The molecule has 0 fully saturated rings. The van der Waals surface area contributed by atoms with Crippen molar-refractivity contribution in [1.82, 2.24) is 24.1 Å². The lowest BCUT2D eigenvalue weighted by molar-refractivity contribution is 0.396. The Bertz CT molecular complexity index is 1420. The number of ether oxygens (including phenoxy) is 1. The summed E-state index contributed by atoms with van der Waals surface area (Å²) < 4.78 is 8.22. The fourth-order valence-electron chi connectivity index (χ4n) is 3.79. The molecular weight excluding hydrogens is 444 g/mol. The molecule has 11 heteroatoms. The van der Waals surface area contributed by atoms with Crippen molar-refractivity contribution in [2.45, 2.75) is 19.9 Å². The predicted molar refractivity (Wildman–Crippen MR) is 125 cm³/mol. The van der Waals surface area contributed by atoms with Crippen molar-refractivity contribution in [3.05, 3.63) is 69.4 Å². The van der Waals surface area contributed by atoms with Crippen LogP contribution in [0.3, 0.4) is 0 Å². The van der Waals surface area contributed by atoms with Gasteiger partial charge in [0.1, 0.15) is 11.6 Å². The average molecular weight is 465 g/mol. The minimum absolute atomic E-state index is 0.0347. The highest BCUT2D eigenvalue weighted by Gasteiger charge is 2.28. The number of aromatic nitrogens is 5. The molecule has 1 aromatic carbocycles. The quantitative estimate of drug-likeness (QED) is 0.461. The molecule has 0 saturated carbocycles. The first-order chi connectivity index (χ1) is 15.9. The first kappa shape index (κ1) is 22.1. The van der Waals surface area contributed by atoms with Gasteiger partial charge in [0, 0.05) is 12.7 Å². The van der Waals surface area contributed by atoms with Crippen LogP contribution in [0.25, 0.3) is 11.2 Å². The summed E-state index contributed by atoms with van der Waals surface area (Å²) in [6.45, 7) is 4.20. The normalized spacial score (nSPS) is 11.8. The molecule has 1 unspecified atom stereocenters. The Hall–Kier alpha value is -4.10. The molecule has 0 bridgehead atoms. The Morgan fingerprint density at radius 1 is 1.27 bits per heavy atom. The van der Waals surface area contributed by atoms with Gasteiger partial charge in [-0.1, -0.05) is 29.8 Å². The van der Waals surface area contributed by atoms with Crippen LogP contribution in [-0.4, -0.2) is 37.8 Å². The molecule has 0 aliphatic rings. The number of fused-ring (bicyclic) bond motifs is 1. The third kappa shape index (κ3) is 3.72. The molecule has 1 atom stereocenters. The van der Waals surface area contributed by atoms with Crippen molar-refractivity contribution in [2.24, 2.45) is 0 Å². The van der Waals surface area contributed by atoms with Gasteiger partial charge in [0.15, 0.2) is 17.2 Å². The summed E-state index contributed by atoms with van der Waals surface area (Å²) in [5, 5.41) is 14.8. The number of benzene rings is 1. The zero-order valence-corrected chi connectivity index (χ0v) is 19.0. The third-order valence-electron chi connectivity index (χ3n) is 5.31. The van der Waals surface area contributed by atoms with Crippen molar-refractivity contribution in [3.8, 4) is 17.6 Å². The van der Waals surface area contributed by atoms with Crippen LogP contribution in [0.4, 0.5) is 11.8 Å². The topological polar surface area (TPSA) is 127 Å². The molecule has 0 amide bonds. The number of hydrogen-bond donors (Lipinski definition) is 1. The number of nitriles is 1. The summed E-state index contributed by atoms with van der Waals surface area (Å²) >= 11 is 6.28. The monoisotopic (exact) mass is 464 g/mol. The Kier molecular flexibility index (Phi) is 5.89. The molecule has 33 heavy (non-hydrogen) atoms. The molecule has 168 valence electrons. The highest BCUT2D eigenvalue weighted by Crippen LogP contribution is 2.32. The van der Waals surface area contributed by atoms with Crippen LogP contribution in [0.1, 0.15) is 31.3 Å². The molecule has 0 aliphatic carbocycles. The van der Waals surface area contributed by atoms with Crippen LogP contribution >= 0.6 is 11.6 Å². The molecule has 0 spiro atoms. The Balaban J connectivity index is 1.98. The molecule has 10 nitrogen and oxygen atoms in total. The molecule has 4 aromatic rings. The molecule has 0 radical (unpaired) electrons. The summed E-state index contributed by atoms with van der Waals surface area (Å²) in [6, 6.07) is 12.4. The molecule has 3 heterocycles. The summed E-state index contributed by atoms with van der Waals surface area (Å²) in [5.74, 6) is 0.753. The van der Waals surface area contributed by atoms with E-state index in [1.54, 1.807) is 12.3 Å². The number of rotatable bonds is 6. The van der Waals surface area contributed by atoms with E-state index in [1.807, 2.05) is 49.1 Å². The molecule has 0 saturated heterocycles. The van der Waals surface area contributed by atoms with E-state index >= 15 is 0 Å². The van der Waals surface area contributed by atoms with Gasteiger partial charge in [-0.2, -0.15) is 20.3 Å². The van der Waals surface area contributed by atoms with E-state index in [0.717, 1.165) is 0 Å². The van der Waals surface area contributed by atoms with Crippen LogP contribution in [0.5, 0.6) is 5.88 Å². The molecule has 3 aromatic heterocycles. The minimum atomic E-state index is -0.500. The highest BCUT2D eigenvalue weighted by molar-refractivity contribution is 6.33. The number of nitrogen functional groups attached to an aromatic ring is 1. The third-order valence-corrected chi connectivity index (χ3v) is 5.61. The molecule has 0 aliphatic heterocycles. The van der Waals surface area contributed by atoms with E-state index < -0.39 is 6.04 Å². The second-order valence-corrected chi connectivity index (χ2v) is 7.56. The zero-order chi connectivity index (χ0) is 23.7. The number of methoxy groups -OCH3 is 1. The summed E-state index contributed by atoms with van der Waals surface area (Å²) in [5.41, 5.74) is 6.61. The van der Waals surface area contributed by atoms with Crippen LogP contribution in [0, 0.1) is 11.3 Å². The Morgan fingerprint density at radius 2 is 2.00 bits per heavy atom. The van der Waals surface area contributed by atoms with E-state index in [1.165, 1.54) is 16.2 Å². The zero-order valence-electron chi connectivity index (χ0n) is 18.2. The van der Waals surface area contributed by atoms with Crippen LogP contribution in [-0.2, 0) is 0 Å². The van der Waals surface area contributed by atoms with Gasteiger partial charge in [0.25, 0.3) is 5.56 Å². The fourth-order valence-corrected chi connectivity index (χ4v) is 4.01. The Labute approximate surface area is 194 Å². The van der Waals surface area contributed by atoms with E-state index in [2.05, 4.69) is 16.0 Å². The van der Waals surface area contributed by atoms with Crippen LogP contribution in [0.2, 0.25) is 5.02 Å². The SMILES string of the molecule is CCN(c1nc(N)nc(OC)c1C#N)C(C)c1nn2ccc(Cl)c2c(=O)n1-c1ccccc1. The van der Waals surface area contributed by atoms with Gasteiger partial charge in [0.05, 0.1) is 23.9 Å². The maximum absolute atomic E-state index is 13.5. The maximum Gasteiger partial charge on any atom is 0.284 e. The van der Waals surface area contributed by atoms with Crippen molar-refractivity contribution in [1.29, 1.82) is 5.26 Å². The summed E-state index contributed by atoms with van der Waals surface area (Å²) in [4.78, 5) is 23.7. The fraction of sp³-hybridized carbons (Fsp3) is 0.227. The molecule has 4 rings (SSSR count). The lowest BCUT2D eigenvalue weighted by atomic mass is 10.2. The summed E-state index contributed by atoms with van der Waals surface area (Å²) in [7, 11) is 1.41. The van der Waals surface area contributed by atoms with Gasteiger partial charge in [-0.05, 0) is 32.0 Å². The van der Waals surface area contributed by atoms with Gasteiger partial charge in [0.2, 0.25) is 11.8 Å². The van der Waals surface area contributed by atoms with Gasteiger partial charge < -0.3 is 15.4 Å². The minimum Gasteiger partial charge on any atom is -0.480 e. The largest absolute Gasteiger partial charge is 0.480 e. The second kappa shape index (κ2) is 8.80. The lowest BCUT2D eigenvalue weighted by Crippen LogP contribution is -2.35. The smallest absolute Gasteiger partial charge is 0.284 e. The first-order valence-corrected chi connectivity index (χ1v) is 10.5. The van der Waals surface area contributed by atoms with Gasteiger partial charge in [-0.3, -0.25) is 9.36 Å². The van der Waals surface area contributed by atoms with Crippen molar-refractivity contribution < 1.29 is 4.74 Å². The number of nitrogens with zero attached hydrogens (tertiary/aromatic N) is 7. The van der Waals surface area contributed by atoms with E-state index in [4.69, 9.17) is 27.2 Å². The van der Waals surface area contributed by atoms with Crippen molar-refractivity contribution >= 4 is 28.9 Å². The standard InChI is InChI=1S/C22H21ClN8O2/c1-4-29(19-15(12-24)20(33-3)27-22(25)26-19)13(2)18-28-30-11-10-16(23)17(30)21(32)31(18)14-8-6-5-7-9-14/h5-11,13H,4H2,1-3H3,(H2,25,26,27). The molecular formula is C22H21ClN8O2. The molecule has 2 N–H and O–H groups in total. The highest BCUT2D eigenvalue weighted by atomic mass is 35.5. The lowest BCUT2D eigenvalue weighted by Gasteiger charge is -2.30. The first-order valence-electron chi connectivity index (χ1n) is 10.1. The van der Waals surface area contributed by atoms with Crippen LogP contribution < -0.4 is 20.9 Å². The Morgan fingerprint density at radius 3 is 2.64 bits per heavy atom. The predicted octanol–water partition coefficient (Wildman–Crippen LogP) is 2.98. The average Bonchev–Trinajstić information content (AvgIpc) is 3.20. The van der Waals surface area contributed by atoms with Crippen molar-refractivity contribution in [3.63, 3.8) is 0 Å². The second-order valence-electron chi connectivity index (χ2n) is 7.15. The summed E-state index contributed by atoms with van der Waals surface area (Å²) in [6.07, 6.45) is 1.63. The number of para-hydroxylation sites is 1. The van der Waals surface area contributed by atoms with Gasteiger partial charge in [-0.25, -0.2) is 4.52 Å². The number of nitrogens with two attached hydrogens (primary N) is 1. The van der Waals surface area contributed by atoms with E-state index in [0.29, 0.717) is 23.1 Å². The van der Waals surface area contributed by atoms with Gasteiger partial charge >= 0.3 is 0 Å². The van der Waals surface area contributed by atoms with E-state index in [-0.39, 0.29) is 34.3 Å². The number of halogens is 1. The number of hydrogen-bond acceptors (Lipinski definition) is 8. The van der Waals surface area contributed by atoms with Crippen molar-refractivity contribution in [2.75, 3.05) is 24.3 Å². The van der Waals surface area contributed by atoms with Gasteiger partial charge in [-0.15, -0.1) is 0 Å². The van der Waals surface area contributed by atoms with Crippen LogP contribution in [0.15, 0.2) is 47.4 Å². The van der Waals surface area contributed by atoms with E-state index in [9.17, 15) is 10.1 Å². The number of anilines is 2.